The SMILES string of the molecule is O=C(COc1ccc(Cl)c(Cl)c1)Nc1ccc(C2CCN(C(=O)c3ccc4ncnn4c3)CC2)cc1. The zero-order chi connectivity index (χ0) is 25.1. The highest BCUT2D eigenvalue weighted by molar-refractivity contribution is 6.42. The summed E-state index contributed by atoms with van der Waals surface area (Å²) in [4.78, 5) is 31.2. The Morgan fingerprint density at radius 2 is 1.78 bits per heavy atom. The number of nitrogens with zero attached hydrogens (tertiary/aromatic N) is 4. The van der Waals surface area contributed by atoms with Gasteiger partial charge >= 0.3 is 0 Å². The molecule has 1 fully saturated rings. The van der Waals surface area contributed by atoms with Crippen molar-refractivity contribution in [3.8, 4) is 5.75 Å². The van der Waals surface area contributed by atoms with Gasteiger partial charge in [0.25, 0.3) is 11.8 Å². The Kier molecular flexibility index (Phi) is 7.06. The summed E-state index contributed by atoms with van der Waals surface area (Å²) in [7, 11) is 0. The lowest BCUT2D eigenvalue weighted by atomic mass is 9.89. The van der Waals surface area contributed by atoms with Crippen LogP contribution in [0.4, 0.5) is 5.69 Å². The van der Waals surface area contributed by atoms with E-state index in [-0.39, 0.29) is 18.4 Å². The van der Waals surface area contributed by atoms with E-state index in [0.29, 0.717) is 51.7 Å². The van der Waals surface area contributed by atoms with Crippen LogP contribution < -0.4 is 10.1 Å². The van der Waals surface area contributed by atoms with Crippen LogP contribution in [0, 0.1) is 0 Å². The summed E-state index contributed by atoms with van der Waals surface area (Å²) in [5, 5.41) is 7.73. The number of piperidine rings is 1. The van der Waals surface area contributed by atoms with Crippen LogP contribution in [0.1, 0.15) is 34.7 Å². The van der Waals surface area contributed by atoms with Gasteiger partial charge in [0.1, 0.15) is 12.1 Å². The number of ether oxygens (including phenoxy) is 1. The average Bonchev–Trinajstić information content (AvgIpc) is 3.38. The predicted molar refractivity (Wildman–Crippen MR) is 138 cm³/mol. The van der Waals surface area contributed by atoms with Gasteiger partial charge in [-0.15, -0.1) is 0 Å². The molecule has 36 heavy (non-hydrogen) atoms. The third-order valence-corrected chi connectivity index (χ3v) is 6.97. The molecule has 0 bridgehead atoms. The van der Waals surface area contributed by atoms with E-state index in [2.05, 4.69) is 15.4 Å². The summed E-state index contributed by atoms with van der Waals surface area (Å²) in [5.74, 6) is 0.560. The standard InChI is InChI=1S/C26H23Cl2N5O3/c27-22-7-6-21(13-23(22)28)36-15-25(34)31-20-4-1-17(2-5-20)18-9-11-32(12-10-18)26(35)19-3-8-24-29-16-30-33(24)14-19/h1-8,13-14,16,18H,9-12,15H2,(H,31,34). The van der Waals surface area contributed by atoms with E-state index >= 15 is 0 Å². The van der Waals surface area contributed by atoms with Crippen LogP contribution in [0.2, 0.25) is 10.0 Å². The minimum atomic E-state index is -0.273. The average molecular weight is 524 g/mol. The number of amides is 2. The maximum atomic E-state index is 12.9. The molecule has 3 heterocycles. The number of fused-ring (bicyclic) bond motifs is 1. The van der Waals surface area contributed by atoms with E-state index in [1.54, 1.807) is 41.0 Å². The van der Waals surface area contributed by atoms with Crippen LogP contribution in [0.15, 0.2) is 67.1 Å². The maximum absolute atomic E-state index is 12.9. The second-order valence-corrected chi connectivity index (χ2v) is 9.40. The van der Waals surface area contributed by atoms with Gasteiger partial charge in [-0.25, -0.2) is 9.50 Å². The predicted octanol–water partition coefficient (Wildman–Crippen LogP) is 5.07. The van der Waals surface area contributed by atoms with Gasteiger partial charge in [-0.2, -0.15) is 5.10 Å². The first-order valence-electron chi connectivity index (χ1n) is 11.5. The first kappa shape index (κ1) is 24.1. The number of anilines is 1. The van der Waals surface area contributed by atoms with Gasteiger partial charge < -0.3 is 15.0 Å². The van der Waals surface area contributed by atoms with Crippen LogP contribution in [-0.4, -0.2) is 51.0 Å². The van der Waals surface area contributed by atoms with Gasteiger partial charge in [0, 0.05) is 31.0 Å². The number of hydrogen-bond donors (Lipinski definition) is 1. The fourth-order valence-electron chi connectivity index (χ4n) is 4.29. The molecule has 0 unspecified atom stereocenters. The lowest BCUT2D eigenvalue weighted by Crippen LogP contribution is -2.38. The van der Waals surface area contributed by atoms with Crippen molar-refractivity contribution in [3.63, 3.8) is 0 Å². The fourth-order valence-corrected chi connectivity index (χ4v) is 4.58. The second-order valence-electron chi connectivity index (χ2n) is 8.58. The van der Waals surface area contributed by atoms with Gasteiger partial charge in [0.05, 0.1) is 15.6 Å². The van der Waals surface area contributed by atoms with E-state index in [4.69, 9.17) is 27.9 Å². The number of halogens is 2. The van der Waals surface area contributed by atoms with E-state index < -0.39 is 0 Å². The quantitative estimate of drug-likeness (QED) is 0.381. The Bertz CT molecular complexity index is 1400. The van der Waals surface area contributed by atoms with Crippen molar-refractivity contribution >= 4 is 46.4 Å². The number of aromatic nitrogens is 3. The molecule has 0 atom stereocenters. The highest BCUT2D eigenvalue weighted by Gasteiger charge is 2.25. The molecule has 0 aliphatic carbocycles. The Hall–Kier alpha value is -3.62. The number of nitrogens with one attached hydrogen (secondary N) is 1. The molecule has 4 aromatic rings. The molecule has 1 aliphatic rings. The van der Waals surface area contributed by atoms with E-state index in [0.717, 1.165) is 12.8 Å². The van der Waals surface area contributed by atoms with E-state index in [1.165, 1.54) is 11.9 Å². The smallest absolute Gasteiger partial charge is 0.262 e. The molecule has 8 nitrogen and oxygen atoms in total. The molecule has 0 spiro atoms. The van der Waals surface area contributed by atoms with E-state index in [9.17, 15) is 9.59 Å². The number of carbonyl (C=O) groups excluding carboxylic acids is 2. The molecule has 1 saturated heterocycles. The summed E-state index contributed by atoms with van der Waals surface area (Å²) in [5.41, 5.74) is 3.20. The molecule has 5 rings (SSSR count). The second kappa shape index (κ2) is 10.6. The summed E-state index contributed by atoms with van der Waals surface area (Å²) >= 11 is 11.9. The lowest BCUT2D eigenvalue weighted by Gasteiger charge is -2.32. The summed E-state index contributed by atoms with van der Waals surface area (Å²) in [6.07, 6.45) is 4.94. The van der Waals surface area contributed by atoms with Crippen LogP contribution in [-0.2, 0) is 4.79 Å². The van der Waals surface area contributed by atoms with Gasteiger partial charge in [-0.05, 0) is 60.7 Å². The lowest BCUT2D eigenvalue weighted by molar-refractivity contribution is -0.118. The monoisotopic (exact) mass is 523 g/mol. The van der Waals surface area contributed by atoms with E-state index in [1.807, 2.05) is 29.2 Å². The third-order valence-electron chi connectivity index (χ3n) is 6.23. The van der Waals surface area contributed by atoms with Gasteiger partial charge in [0.2, 0.25) is 0 Å². The molecule has 0 radical (unpaired) electrons. The van der Waals surface area contributed by atoms with Crippen molar-refractivity contribution in [1.29, 1.82) is 0 Å². The molecule has 2 aromatic heterocycles. The van der Waals surface area contributed by atoms with Crippen molar-refractivity contribution in [2.45, 2.75) is 18.8 Å². The van der Waals surface area contributed by atoms with Crippen LogP contribution >= 0.6 is 23.2 Å². The molecular formula is C26H23Cl2N5O3. The van der Waals surface area contributed by atoms with Gasteiger partial charge in [-0.3, -0.25) is 9.59 Å². The normalized spacial score (nSPS) is 14.1. The summed E-state index contributed by atoms with van der Waals surface area (Å²) in [6.45, 7) is 1.23. The number of hydrogen-bond acceptors (Lipinski definition) is 5. The largest absolute Gasteiger partial charge is 0.484 e. The molecular weight excluding hydrogens is 501 g/mol. The zero-order valence-corrected chi connectivity index (χ0v) is 20.7. The van der Waals surface area contributed by atoms with Crippen molar-refractivity contribution < 1.29 is 14.3 Å². The summed E-state index contributed by atoms with van der Waals surface area (Å²) < 4.78 is 7.09. The maximum Gasteiger partial charge on any atom is 0.262 e. The van der Waals surface area contributed by atoms with Crippen molar-refractivity contribution in [1.82, 2.24) is 19.5 Å². The Labute approximate surface area is 217 Å². The number of likely N-dealkylation sites (tertiary alicyclic amines) is 1. The molecule has 1 N–H and O–H groups in total. The Balaban J connectivity index is 1.11. The molecule has 184 valence electrons. The molecule has 2 aromatic carbocycles. The fraction of sp³-hybridized carbons (Fsp3) is 0.231. The molecule has 2 amide bonds. The summed E-state index contributed by atoms with van der Waals surface area (Å²) in [6, 6.07) is 16.3. The molecule has 0 saturated carbocycles. The van der Waals surface area contributed by atoms with Crippen molar-refractivity contribution in [3.05, 3.63) is 88.3 Å². The van der Waals surface area contributed by atoms with Crippen LogP contribution in [0.3, 0.4) is 0 Å². The highest BCUT2D eigenvalue weighted by Crippen LogP contribution is 2.30. The van der Waals surface area contributed by atoms with Crippen LogP contribution in [0.5, 0.6) is 5.75 Å². The van der Waals surface area contributed by atoms with Gasteiger partial charge in [-0.1, -0.05) is 35.3 Å². The zero-order valence-electron chi connectivity index (χ0n) is 19.2. The number of benzene rings is 2. The van der Waals surface area contributed by atoms with Crippen molar-refractivity contribution in [2.75, 3.05) is 25.0 Å². The highest BCUT2D eigenvalue weighted by atomic mass is 35.5. The first-order chi connectivity index (χ1) is 17.5. The molecule has 1 aliphatic heterocycles. The van der Waals surface area contributed by atoms with Crippen molar-refractivity contribution in [2.24, 2.45) is 0 Å². The molecule has 10 heteroatoms. The van der Waals surface area contributed by atoms with Gasteiger partial charge in [0.15, 0.2) is 12.3 Å². The topological polar surface area (TPSA) is 88.8 Å². The van der Waals surface area contributed by atoms with Crippen LogP contribution in [0.25, 0.3) is 5.65 Å². The third kappa shape index (κ3) is 5.45. The number of pyridine rings is 1. The number of carbonyl (C=O) groups is 2. The minimum absolute atomic E-state index is 0.00648. The Morgan fingerprint density at radius 3 is 2.53 bits per heavy atom. The Morgan fingerprint density at radius 1 is 1.00 bits per heavy atom. The number of rotatable bonds is 6. The minimum Gasteiger partial charge on any atom is -0.484 e. The first-order valence-corrected chi connectivity index (χ1v) is 12.3.